The van der Waals surface area contributed by atoms with Gasteiger partial charge in [-0.25, -0.2) is 0 Å². The van der Waals surface area contributed by atoms with Crippen LogP contribution in [0.25, 0.3) is 16.8 Å². The Labute approximate surface area is 142 Å². The van der Waals surface area contributed by atoms with Gasteiger partial charge in [0.1, 0.15) is 5.75 Å². The van der Waals surface area contributed by atoms with Gasteiger partial charge in [-0.3, -0.25) is 10.2 Å². The van der Waals surface area contributed by atoms with E-state index in [1.165, 1.54) is 0 Å². The van der Waals surface area contributed by atoms with Gasteiger partial charge >= 0.3 is 0 Å². The smallest absolute Gasteiger partial charge is 0.249 e. The first-order valence-corrected chi connectivity index (χ1v) is 8.46. The molecule has 2 aromatic carbocycles. The first-order valence-electron chi connectivity index (χ1n) is 8.46. The molecular weight excluding hydrogens is 300 g/mol. The molecule has 0 radical (unpaired) electrons. The summed E-state index contributed by atoms with van der Waals surface area (Å²) in [5.41, 5.74) is 7.04. The molecule has 1 amide bonds. The van der Waals surface area contributed by atoms with E-state index in [4.69, 9.17) is 4.74 Å². The predicted octanol–water partition coefficient (Wildman–Crippen LogP) is 4.02. The maximum Gasteiger partial charge on any atom is 0.249 e. The topological polar surface area (TPSA) is 50.4 Å². The van der Waals surface area contributed by atoms with Crippen LogP contribution in [0.3, 0.4) is 0 Å². The zero-order chi connectivity index (χ0) is 17.2. The van der Waals surface area contributed by atoms with E-state index < -0.39 is 5.41 Å². The highest BCUT2D eigenvalue weighted by Gasteiger charge is 2.37. The van der Waals surface area contributed by atoms with Crippen molar-refractivity contribution in [3.63, 3.8) is 0 Å². The lowest BCUT2D eigenvalue weighted by atomic mass is 9.88. The SMILES string of the molecule is CCCCOc1cc(/C=C2\NNC(=O)C2(C)C)c2ccccc2c1. The summed E-state index contributed by atoms with van der Waals surface area (Å²) in [4.78, 5) is 12.0. The van der Waals surface area contributed by atoms with E-state index in [1.807, 2.05) is 38.1 Å². The Balaban J connectivity index is 2.04. The van der Waals surface area contributed by atoms with Crippen molar-refractivity contribution in [2.75, 3.05) is 6.61 Å². The minimum absolute atomic E-state index is 0.0200. The van der Waals surface area contributed by atoms with Crippen LogP contribution in [-0.4, -0.2) is 12.5 Å². The highest BCUT2D eigenvalue weighted by atomic mass is 16.5. The fourth-order valence-corrected chi connectivity index (χ4v) is 2.78. The number of carbonyl (C=O) groups excluding carboxylic acids is 1. The van der Waals surface area contributed by atoms with Gasteiger partial charge in [0, 0.05) is 5.70 Å². The number of benzene rings is 2. The second kappa shape index (κ2) is 6.56. The summed E-state index contributed by atoms with van der Waals surface area (Å²) in [7, 11) is 0. The van der Waals surface area contributed by atoms with Crippen LogP contribution in [0.15, 0.2) is 42.1 Å². The standard InChI is InChI=1S/C20H24N2O2/c1-4-5-10-24-16-11-14-8-6-7-9-17(14)15(12-16)13-18-20(2,3)19(23)22-21-18/h6-9,11-13,21H,4-5,10H2,1-3H3,(H,22,23)/b18-13-. The highest BCUT2D eigenvalue weighted by Crippen LogP contribution is 2.33. The number of hydrazine groups is 1. The molecule has 2 N–H and O–H groups in total. The van der Waals surface area contributed by atoms with E-state index in [0.717, 1.165) is 40.6 Å². The normalized spacial score (nSPS) is 17.8. The number of amides is 1. The number of hydrogen-bond donors (Lipinski definition) is 2. The molecule has 0 saturated carbocycles. The van der Waals surface area contributed by atoms with Gasteiger partial charge in [-0.05, 0) is 54.8 Å². The van der Waals surface area contributed by atoms with Crippen LogP contribution in [0, 0.1) is 5.41 Å². The molecule has 1 saturated heterocycles. The minimum atomic E-state index is -0.569. The number of carbonyl (C=O) groups is 1. The Hall–Kier alpha value is -2.49. The molecule has 1 aliphatic rings. The van der Waals surface area contributed by atoms with Gasteiger partial charge < -0.3 is 10.2 Å². The van der Waals surface area contributed by atoms with Crippen molar-refractivity contribution >= 4 is 22.8 Å². The maximum atomic E-state index is 12.0. The Morgan fingerprint density at radius 3 is 2.67 bits per heavy atom. The van der Waals surface area contributed by atoms with E-state index in [-0.39, 0.29) is 5.91 Å². The molecule has 1 heterocycles. The monoisotopic (exact) mass is 324 g/mol. The predicted molar refractivity (Wildman–Crippen MR) is 97.4 cm³/mol. The van der Waals surface area contributed by atoms with Crippen LogP contribution in [0.1, 0.15) is 39.2 Å². The summed E-state index contributed by atoms with van der Waals surface area (Å²) in [6.07, 6.45) is 4.18. The second-order valence-corrected chi connectivity index (χ2v) is 6.70. The first kappa shape index (κ1) is 16.4. The lowest BCUT2D eigenvalue weighted by molar-refractivity contribution is -0.125. The second-order valence-electron chi connectivity index (χ2n) is 6.70. The summed E-state index contributed by atoms with van der Waals surface area (Å²) < 4.78 is 5.90. The lowest BCUT2D eigenvalue weighted by Gasteiger charge is -2.15. The molecule has 0 spiro atoms. The van der Waals surface area contributed by atoms with Gasteiger partial charge in [0.15, 0.2) is 0 Å². The number of fused-ring (bicyclic) bond motifs is 1. The zero-order valence-corrected chi connectivity index (χ0v) is 14.5. The molecule has 4 nitrogen and oxygen atoms in total. The zero-order valence-electron chi connectivity index (χ0n) is 14.5. The summed E-state index contributed by atoms with van der Waals surface area (Å²) >= 11 is 0. The van der Waals surface area contributed by atoms with Gasteiger partial charge in [0.25, 0.3) is 0 Å². The van der Waals surface area contributed by atoms with Crippen molar-refractivity contribution in [1.29, 1.82) is 0 Å². The van der Waals surface area contributed by atoms with E-state index in [1.54, 1.807) is 0 Å². The fraction of sp³-hybridized carbons (Fsp3) is 0.350. The third kappa shape index (κ3) is 3.09. The van der Waals surface area contributed by atoms with Crippen LogP contribution in [-0.2, 0) is 4.79 Å². The number of unbranched alkanes of at least 4 members (excludes halogenated alkanes) is 1. The van der Waals surface area contributed by atoms with Gasteiger partial charge in [-0.1, -0.05) is 37.6 Å². The molecule has 1 aliphatic heterocycles. The van der Waals surface area contributed by atoms with Gasteiger partial charge in [-0.15, -0.1) is 0 Å². The summed E-state index contributed by atoms with van der Waals surface area (Å²) in [5.74, 6) is 0.845. The van der Waals surface area contributed by atoms with E-state index in [9.17, 15) is 4.79 Å². The van der Waals surface area contributed by atoms with Crippen molar-refractivity contribution in [2.24, 2.45) is 5.41 Å². The Morgan fingerprint density at radius 2 is 1.96 bits per heavy atom. The van der Waals surface area contributed by atoms with Crippen molar-refractivity contribution < 1.29 is 9.53 Å². The van der Waals surface area contributed by atoms with Crippen molar-refractivity contribution in [3.05, 3.63) is 47.7 Å². The highest BCUT2D eigenvalue weighted by molar-refractivity contribution is 5.94. The molecule has 0 atom stereocenters. The third-order valence-corrected chi connectivity index (χ3v) is 4.49. The van der Waals surface area contributed by atoms with E-state index in [2.05, 4.69) is 36.0 Å². The van der Waals surface area contributed by atoms with Crippen molar-refractivity contribution in [3.8, 4) is 5.75 Å². The number of nitrogens with one attached hydrogen (secondary N) is 2. The van der Waals surface area contributed by atoms with Crippen LogP contribution in [0.2, 0.25) is 0 Å². The third-order valence-electron chi connectivity index (χ3n) is 4.49. The minimum Gasteiger partial charge on any atom is -0.494 e. The number of rotatable bonds is 5. The molecule has 0 bridgehead atoms. The Kier molecular flexibility index (Phi) is 4.47. The summed E-state index contributed by atoms with van der Waals surface area (Å²) in [6, 6.07) is 12.3. The first-order chi connectivity index (χ1) is 11.5. The molecule has 2 aromatic rings. The van der Waals surface area contributed by atoms with Crippen LogP contribution in [0.5, 0.6) is 5.75 Å². The van der Waals surface area contributed by atoms with Crippen molar-refractivity contribution in [2.45, 2.75) is 33.6 Å². The van der Waals surface area contributed by atoms with Crippen LogP contribution < -0.4 is 15.6 Å². The van der Waals surface area contributed by atoms with Gasteiger partial charge in [0.2, 0.25) is 5.91 Å². The quantitative estimate of drug-likeness (QED) is 0.817. The van der Waals surface area contributed by atoms with E-state index >= 15 is 0 Å². The van der Waals surface area contributed by atoms with Crippen LogP contribution in [0.4, 0.5) is 0 Å². The number of hydrogen-bond acceptors (Lipinski definition) is 3. The largest absolute Gasteiger partial charge is 0.494 e. The average molecular weight is 324 g/mol. The Morgan fingerprint density at radius 1 is 1.17 bits per heavy atom. The molecule has 0 unspecified atom stereocenters. The molecule has 1 fully saturated rings. The van der Waals surface area contributed by atoms with Crippen LogP contribution >= 0.6 is 0 Å². The molecule has 24 heavy (non-hydrogen) atoms. The molecule has 126 valence electrons. The molecular formula is C20H24N2O2. The summed E-state index contributed by atoms with van der Waals surface area (Å²) in [6.45, 7) is 6.70. The lowest BCUT2D eigenvalue weighted by Crippen LogP contribution is -2.28. The molecule has 0 aromatic heterocycles. The molecule has 4 heteroatoms. The van der Waals surface area contributed by atoms with E-state index in [0.29, 0.717) is 6.61 Å². The van der Waals surface area contributed by atoms with Gasteiger partial charge in [-0.2, -0.15) is 0 Å². The Bertz CT molecular complexity index is 793. The fourth-order valence-electron chi connectivity index (χ4n) is 2.78. The van der Waals surface area contributed by atoms with Crippen molar-refractivity contribution in [1.82, 2.24) is 10.9 Å². The summed E-state index contributed by atoms with van der Waals surface area (Å²) in [5, 5.41) is 2.28. The van der Waals surface area contributed by atoms with Gasteiger partial charge in [0.05, 0.1) is 12.0 Å². The molecule has 0 aliphatic carbocycles. The maximum absolute atomic E-state index is 12.0. The average Bonchev–Trinajstić information content (AvgIpc) is 2.82. The molecule has 3 rings (SSSR count). The number of ether oxygens (including phenoxy) is 1.